The Bertz CT molecular complexity index is 1080. The molecule has 0 unspecified atom stereocenters. The van der Waals surface area contributed by atoms with Crippen molar-refractivity contribution in [3.8, 4) is 0 Å². The van der Waals surface area contributed by atoms with Crippen molar-refractivity contribution in [1.29, 1.82) is 0 Å². The van der Waals surface area contributed by atoms with E-state index in [0.29, 0.717) is 23.4 Å². The molecule has 2 aliphatic rings. The molecule has 180 valence electrons. The van der Waals surface area contributed by atoms with Gasteiger partial charge in [-0.3, -0.25) is 5.32 Å². The fourth-order valence-corrected chi connectivity index (χ4v) is 6.95. The van der Waals surface area contributed by atoms with Gasteiger partial charge in [-0.15, -0.1) is 22.7 Å². The van der Waals surface area contributed by atoms with E-state index in [1.807, 2.05) is 0 Å². The molecule has 0 radical (unpaired) electrons. The zero-order valence-corrected chi connectivity index (χ0v) is 20.5. The second-order valence-corrected chi connectivity index (χ2v) is 11.6. The van der Waals surface area contributed by atoms with Gasteiger partial charge in [-0.1, -0.05) is 0 Å². The SMILES string of the molecule is CC(C)(C)OC(=O)c1c(NC(=O)NCc2c(C(F)(F)F)sc3c2CCCC3)sc2c1CCC2. The Balaban J connectivity index is 1.52. The first-order chi connectivity index (χ1) is 15.4. The number of fused-ring (bicyclic) bond motifs is 2. The lowest BCUT2D eigenvalue weighted by atomic mass is 9.94. The summed E-state index contributed by atoms with van der Waals surface area (Å²) in [6.07, 6.45) is 1.03. The van der Waals surface area contributed by atoms with Crippen molar-refractivity contribution in [1.82, 2.24) is 5.32 Å². The molecule has 2 aliphatic carbocycles. The van der Waals surface area contributed by atoms with Crippen molar-refractivity contribution in [3.05, 3.63) is 36.9 Å². The van der Waals surface area contributed by atoms with Crippen molar-refractivity contribution >= 4 is 39.7 Å². The highest BCUT2D eigenvalue weighted by molar-refractivity contribution is 7.17. The van der Waals surface area contributed by atoms with Gasteiger partial charge in [0.2, 0.25) is 0 Å². The van der Waals surface area contributed by atoms with E-state index in [-0.39, 0.29) is 12.1 Å². The third-order valence-corrected chi connectivity index (χ3v) is 8.30. The second kappa shape index (κ2) is 8.94. The first-order valence-electron chi connectivity index (χ1n) is 11.1. The number of rotatable bonds is 4. The fraction of sp³-hybridized carbons (Fsp3) is 0.565. The van der Waals surface area contributed by atoms with E-state index in [2.05, 4.69) is 10.6 Å². The minimum absolute atomic E-state index is 0.165. The minimum Gasteiger partial charge on any atom is -0.456 e. The number of carbonyl (C=O) groups excluding carboxylic acids is 2. The number of anilines is 1. The van der Waals surface area contributed by atoms with E-state index in [0.717, 1.165) is 64.3 Å². The molecule has 5 nitrogen and oxygen atoms in total. The van der Waals surface area contributed by atoms with Crippen LogP contribution in [-0.4, -0.2) is 17.6 Å². The molecule has 0 saturated carbocycles. The molecule has 33 heavy (non-hydrogen) atoms. The third kappa shape index (κ3) is 5.21. The van der Waals surface area contributed by atoms with Gasteiger partial charge >= 0.3 is 18.2 Å². The lowest BCUT2D eigenvalue weighted by Gasteiger charge is -2.20. The number of hydrogen-bond acceptors (Lipinski definition) is 5. The fourth-order valence-electron chi connectivity index (χ4n) is 4.40. The van der Waals surface area contributed by atoms with E-state index in [9.17, 15) is 22.8 Å². The van der Waals surface area contributed by atoms with Crippen LogP contribution in [0.15, 0.2) is 0 Å². The summed E-state index contributed by atoms with van der Waals surface area (Å²) in [6, 6.07) is -0.636. The largest absolute Gasteiger partial charge is 0.456 e. The van der Waals surface area contributed by atoms with E-state index in [1.165, 1.54) is 11.3 Å². The Kier molecular flexibility index (Phi) is 6.52. The molecule has 0 atom stereocenters. The molecular formula is C23H27F3N2O3S2. The van der Waals surface area contributed by atoms with Crippen LogP contribution in [0.4, 0.5) is 23.0 Å². The Morgan fingerprint density at radius 1 is 0.939 bits per heavy atom. The van der Waals surface area contributed by atoms with E-state index in [1.54, 1.807) is 20.8 Å². The number of amides is 2. The minimum atomic E-state index is -4.45. The highest BCUT2D eigenvalue weighted by Gasteiger charge is 2.38. The lowest BCUT2D eigenvalue weighted by Crippen LogP contribution is -2.30. The Morgan fingerprint density at radius 3 is 2.27 bits per heavy atom. The van der Waals surface area contributed by atoms with E-state index in [4.69, 9.17) is 4.74 Å². The van der Waals surface area contributed by atoms with Gasteiger partial charge in [0.15, 0.2) is 0 Å². The number of carbonyl (C=O) groups is 2. The van der Waals surface area contributed by atoms with Gasteiger partial charge in [0.1, 0.15) is 15.5 Å². The first kappa shape index (κ1) is 24.1. The monoisotopic (exact) mass is 500 g/mol. The zero-order chi connectivity index (χ0) is 24.0. The van der Waals surface area contributed by atoms with Crippen LogP contribution in [0.25, 0.3) is 0 Å². The average Bonchev–Trinajstić information content (AvgIpc) is 3.36. The molecule has 0 aromatic carbocycles. The maximum absolute atomic E-state index is 13.6. The van der Waals surface area contributed by atoms with Crippen molar-refractivity contribution < 1.29 is 27.5 Å². The summed E-state index contributed by atoms with van der Waals surface area (Å²) in [5.41, 5.74) is 1.47. The highest BCUT2D eigenvalue weighted by Crippen LogP contribution is 2.43. The summed E-state index contributed by atoms with van der Waals surface area (Å²) in [7, 11) is 0. The number of nitrogens with one attached hydrogen (secondary N) is 2. The van der Waals surface area contributed by atoms with Gasteiger partial charge in [0.25, 0.3) is 0 Å². The van der Waals surface area contributed by atoms with Crippen molar-refractivity contribution in [2.24, 2.45) is 0 Å². The Morgan fingerprint density at radius 2 is 1.58 bits per heavy atom. The molecule has 4 rings (SSSR count). The molecule has 2 aromatic heterocycles. The molecule has 0 aliphatic heterocycles. The zero-order valence-electron chi connectivity index (χ0n) is 18.8. The van der Waals surface area contributed by atoms with Crippen LogP contribution in [0.1, 0.15) is 81.7 Å². The highest BCUT2D eigenvalue weighted by atomic mass is 32.1. The van der Waals surface area contributed by atoms with Gasteiger partial charge < -0.3 is 10.1 Å². The van der Waals surface area contributed by atoms with Crippen LogP contribution in [0.5, 0.6) is 0 Å². The summed E-state index contributed by atoms with van der Waals surface area (Å²) in [5, 5.41) is 5.67. The number of aryl methyl sites for hydroxylation is 2. The molecule has 2 N–H and O–H groups in total. The van der Waals surface area contributed by atoms with Crippen LogP contribution in [0.3, 0.4) is 0 Å². The van der Waals surface area contributed by atoms with Crippen LogP contribution in [0, 0.1) is 0 Å². The number of alkyl halides is 3. The van der Waals surface area contributed by atoms with Gasteiger partial charge in [0, 0.05) is 16.3 Å². The van der Waals surface area contributed by atoms with Crippen molar-refractivity contribution in [2.45, 2.75) is 84.0 Å². The van der Waals surface area contributed by atoms with Crippen LogP contribution in [0.2, 0.25) is 0 Å². The number of esters is 1. The third-order valence-electron chi connectivity index (χ3n) is 5.72. The standard InChI is InChI=1S/C23H27F3N2O3S2/c1-22(2,3)31-20(29)17-13-8-6-10-16(13)33-19(17)28-21(30)27-11-14-12-7-4-5-9-15(12)32-18(14)23(24,25)26/h4-11H2,1-3H3,(H2,27,28,30). The summed E-state index contributed by atoms with van der Waals surface area (Å²) < 4.78 is 46.4. The van der Waals surface area contributed by atoms with Crippen LogP contribution >= 0.6 is 22.7 Å². The van der Waals surface area contributed by atoms with E-state index < -0.39 is 28.7 Å². The van der Waals surface area contributed by atoms with Crippen LogP contribution < -0.4 is 10.6 Å². The quantitative estimate of drug-likeness (QED) is 0.473. The number of halogens is 3. The van der Waals surface area contributed by atoms with E-state index >= 15 is 0 Å². The predicted octanol–water partition coefficient (Wildman–Crippen LogP) is 6.47. The molecule has 0 bridgehead atoms. The maximum Gasteiger partial charge on any atom is 0.425 e. The number of hydrogen-bond donors (Lipinski definition) is 2. The Hall–Kier alpha value is -2.07. The maximum atomic E-state index is 13.6. The molecule has 0 spiro atoms. The number of ether oxygens (including phenoxy) is 1. The predicted molar refractivity (Wildman–Crippen MR) is 123 cm³/mol. The van der Waals surface area contributed by atoms with Gasteiger partial charge in [-0.25, -0.2) is 9.59 Å². The number of urea groups is 1. The molecule has 2 aromatic rings. The summed E-state index contributed by atoms with van der Waals surface area (Å²) >= 11 is 2.13. The molecule has 2 heterocycles. The smallest absolute Gasteiger partial charge is 0.425 e. The van der Waals surface area contributed by atoms with Crippen molar-refractivity contribution in [2.75, 3.05) is 5.32 Å². The van der Waals surface area contributed by atoms with Crippen LogP contribution in [-0.2, 0) is 43.1 Å². The molecule has 10 heteroatoms. The van der Waals surface area contributed by atoms with Gasteiger partial charge in [0.05, 0.1) is 5.56 Å². The second-order valence-electron chi connectivity index (χ2n) is 9.39. The van der Waals surface area contributed by atoms with Gasteiger partial charge in [-0.2, -0.15) is 13.2 Å². The number of thiophene rings is 2. The van der Waals surface area contributed by atoms with Gasteiger partial charge in [-0.05, 0) is 82.4 Å². The first-order valence-corrected chi connectivity index (χ1v) is 12.7. The molecule has 0 fully saturated rings. The average molecular weight is 501 g/mol. The Labute approximate surface area is 198 Å². The molecule has 2 amide bonds. The normalized spacial score (nSPS) is 15.7. The summed E-state index contributed by atoms with van der Waals surface area (Å²) in [6.45, 7) is 5.12. The molecular weight excluding hydrogens is 473 g/mol. The molecule has 0 saturated heterocycles. The summed E-state index contributed by atoms with van der Waals surface area (Å²) in [5.74, 6) is -0.497. The lowest BCUT2D eigenvalue weighted by molar-refractivity contribution is -0.135. The topological polar surface area (TPSA) is 67.4 Å². The van der Waals surface area contributed by atoms with Crippen molar-refractivity contribution in [3.63, 3.8) is 0 Å². The summed E-state index contributed by atoms with van der Waals surface area (Å²) in [4.78, 5) is 26.7.